The van der Waals surface area contributed by atoms with Crippen LogP contribution in [0.5, 0.6) is 5.75 Å². The molecule has 0 bridgehead atoms. The van der Waals surface area contributed by atoms with Crippen molar-refractivity contribution in [1.29, 1.82) is 0 Å². The van der Waals surface area contributed by atoms with Crippen LogP contribution in [-0.4, -0.2) is 12.1 Å². The SMILES string of the molecule is Cc1cc(OCC(C)C)ccc1PC(=O)c1c(C)cccc1C.[H-].[Li+]. The van der Waals surface area contributed by atoms with Gasteiger partial charge in [-0.05, 0) is 69.4 Å². The van der Waals surface area contributed by atoms with Gasteiger partial charge in [-0.25, -0.2) is 0 Å². The third-order valence-electron chi connectivity index (χ3n) is 3.74. The molecule has 0 spiro atoms. The van der Waals surface area contributed by atoms with Crippen molar-refractivity contribution in [3.63, 3.8) is 0 Å². The Labute approximate surface area is 160 Å². The molecule has 0 aliphatic rings. The molecular weight excluding hydrogens is 310 g/mol. The van der Waals surface area contributed by atoms with Crippen LogP contribution in [0, 0.1) is 26.7 Å². The van der Waals surface area contributed by atoms with Crippen molar-refractivity contribution in [2.75, 3.05) is 6.61 Å². The molecule has 2 aromatic carbocycles. The Bertz CT molecular complexity index is 697. The van der Waals surface area contributed by atoms with E-state index in [4.69, 9.17) is 4.74 Å². The molecule has 1 unspecified atom stereocenters. The maximum Gasteiger partial charge on any atom is 1.00 e. The van der Waals surface area contributed by atoms with Gasteiger partial charge >= 0.3 is 18.9 Å². The third kappa shape index (κ3) is 5.49. The van der Waals surface area contributed by atoms with Crippen molar-refractivity contribution in [3.8, 4) is 5.75 Å². The Morgan fingerprint density at radius 2 is 1.71 bits per heavy atom. The number of hydrogen-bond acceptors (Lipinski definition) is 2. The summed E-state index contributed by atoms with van der Waals surface area (Å²) in [5.74, 6) is 1.38. The zero-order valence-corrected chi connectivity index (χ0v) is 16.6. The zero-order valence-electron chi connectivity index (χ0n) is 16.6. The summed E-state index contributed by atoms with van der Waals surface area (Å²) < 4.78 is 5.75. The van der Waals surface area contributed by atoms with Crippen molar-refractivity contribution >= 4 is 19.4 Å². The number of rotatable bonds is 6. The second-order valence-electron chi connectivity index (χ2n) is 6.40. The Morgan fingerprint density at radius 3 is 2.25 bits per heavy atom. The van der Waals surface area contributed by atoms with Crippen LogP contribution in [-0.2, 0) is 0 Å². The predicted molar refractivity (Wildman–Crippen MR) is 101 cm³/mol. The number of ether oxygens (including phenoxy) is 1. The molecule has 4 heteroatoms. The molecule has 0 N–H and O–H groups in total. The fourth-order valence-corrected chi connectivity index (χ4v) is 3.69. The molecule has 24 heavy (non-hydrogen) atoms. The van der Waals surface area contributed by atoms with Crippen LogP contribution in [0.2, 0.25) is 0 Å². The molecule has 124 valence electrons. The van der Waals surface area contributed by atoms with Crippen LogP contribution in [0.1, 0.15) is 42.3 Å². The molecule has 0 aliphatic carbocycles. The van der Waals surface area contributed by atoms with Crippen molar-refractivity contribution in [3.05, 3.63) is 58.7 Å². The van der Waals surface area contributed by atoms with E-state index in [9.17, 15) is 4.79 Å². The Balaban J connectivity index is 0.00000288. The van der Waals surface area contributed by atoms with E-state index in [1.165, 1.54) is 0 Å². The second kappa shape index (κ2) is 9.43. The fourth-order valence-electron chi connectivity index (χ4n) is 2.49. The average Bonchev–Trinajstić information content (AvgIpc) is 2.47. The summed E-state index contributed by atoms with van der Waals surface area (Å²) in [6, 6.07) is 12.0. The Kier molecular flexibility index (Phi) is 8.24. The van der Waals surface area contributed by atoms with Crippen LogP contribution in [0.15, 0.2) is 36.4 Å². The first kappa shape index (κ1) is 21.0. The van der Waals surface area contributed by atoms with Gasteiger partial charge in [0.15, 0.2) is 5.52 Å². The van der Waals surface area contributed by atoms with Gasteiger partial charge in [-0.15, -0.1) is 0 Å². The molecule has 1 atom stereocenters. The molecule has 2 nitrogen and oxygen atoms in total. The average molecular weight is 336 g/mol. The molecule has 2 rings (SSSR count). The van der Waals surface area contributed by atoms with Crippen LogP contribution < -0.4 is 28.9 Å². The summed E-state index contributed by atoms with van der Waals surface area (Å²) in [6.07, 6.45) is 0. The van der Waals surface area contributed by atoms with E-state index >= 15 is 0 Å². The summed E-state index contributed by atoms with van der Waals surface area (Å²) >= 11 is 0. The Morgan fingerprint density at radius 1 is 1.08 bits per heavy atom. The number of hydrogen-bond donors (Lipinski definition) is 0. The number of benzene rings is 2. The minimum absolute atomic E-state index is 0. The minimum atomic E-state index is 0. The van der Waals surface area contributed by atoms with Crippen molar-refractivity contribution < 1.29 is 29.8 Å². The quantitative estimate of drug-likeness (QED) is 0.595. The van der Waals surface area contributed by atoms with E-state index in [2.05, 4.69) is 13.8 Å². The van der Waals surface area contributed by atoms with E-state index in [0.717, 1.165) is 33.3 Å². The maximum atomic E-state index is 12.7. The van der Waals surface area contributed by atoms with E-state index in [-0.39, 0.29) is 34.4 Å². The first-order valence-corrected chi connectivity index (χ1v) is 8.99. The van der Waals surface area contributed by atoms with Crippen LogP contribution >= 0.6 is 8.58 Å². The van der Waals surface area contributed by atoms with E-state index in [1.807, 2.05) is 57.2 Å². The maximum absolute atomic E-state index is 12.7. The molecule has 0 amide bonds. The molecule has 0 radical (unpaired) electrons. The summed E-state index contributed by atoms with van der Waals surface area (Å²) in [5.41, 5.74) is 4.29. The molecule has 0 saturated carbocycles. The molecule has 0 saturated heterocycles. The van der Waals surface area contributed by atoms with Crippen molar-refractivity contribution in [1.82, 2.24) is 0 Å². The van der Waals surface area contributed by atoms with Crippen LogP contribution in [0.4, 0.5) is 0 Å². The van der Waals surface area contributed by atoms with Crippen molar-refractivity contribution in [2.24, 2.45) is 5.92 Å². The summed E-state index contributed by atoms with van der Waals surface area (Å²) in [5, 5.41) is 1.09. The van der Waals surface area contributed by atoms with E-state index in [1.54, 1.807) is 0 Å². The normalized spacial score (nSPS) is 10.9. The molecule has 0 aliphatic heterocycles. The summed E-state index contributed by atoms with van der Waals surface area (Å²) in [6.45, 7) is 11.0. The topological polar surface area (TPSA) is 26.3 Å². The van der Waals surface area contributed by atoms with Gasteiger partial charge in [0.2, 0.25) is 0 Å². The number of carbonyl (C=O) groups is 1. The zero-order chi connectivity index (χ0) is 17.0. The molecule has 0 heterocycles. The first-order valence-electron chi connectivity index (χ1n) is 7.99. The monoisotopic (exact) mass is 336 g/mol. The van der Waals surface area contributed by atoms with Gasteiger partial charge in [0, 0.05) is 5.56 Å². The van der Waals surface area contributed by atoms with Gasteiger partial charge in [-0.1, -0.05) is 38.1 Å². The molecule has 0 fully saturated rings. The van der Waals surface area contributed by atoms with Crippen LogP contribution in [0.25, 0.3) is 0 Å². The van der Waals surface area contributed by atoms with Gasteiger partial charge < -0.3 is 6.16 Å². The van der Waals surface area contributed by atoms with Crippen molar-refractivity contribution in [2.45, 2.75) is 34.6 Å². The third-order valence-corrected chi connectivity index (χ3v) is 5.04. The van der Waals surface area contributed by atoms with Gasteiger partial charge in [-0.2, -0.15) is 0 Å². The van der Waals surface area contributed by atoms with Gasteiger partial charge in [0.05, 0.1) is 6.61 Å². The smallest absolute Gasteiger partial charge is 1.00 e. The molecular formula is C20H26LiO2P. The molecule has 0 aromatic heterocycles. The summed E-state index contributed by atoms with van der Waals surface area (Å²) in [4.78, 5) is 12.7. The number of carbonyl (C=O) groups excluding carboxylic acids is 1. The Hall–Kier alpha value is -1.06. The predicted octanol–water partition coefficient (Wildman–Crippen LogP) is 1.91. The molecule has 2 aromatic rings. The van der Waals surface area contributed by atoms with Gasteiger partial charge in [0.25, 0.3) is 0 Å². The fraction of sp³-hybridized carbons (Fsp3) is 0.350. The largest absolute Gasteiger partial charge is 1.00 e. The number of aryl methyl sites for hydroxylation is 3. The van der Waals surface area contributed by atoms with E-state index in [0.29, 0.717) is 12.5 Å². The minimum Gasteiger partial charge on any atom is -1.00 e. The standard InChI is InChI=1S/C20H25O2P.Li.H/c1-13(2)12-22-17-9-10-18(16(5)11-17)23-20(21)19-14(3)7-6-8-15(19)4;;/h6-11,13,23H,12H2,1-5H3;;/q;+1;-1. The first-order chi connectivity index (χ1) is 10.9. The summed E-state index contributed by atoms with van der Waals surface area (Å²) in [7, 11) is 0.147. The van der Waals surface area contributed by atoms with Crippen LogP contribution in [0.3, 0.4) is 0 Å². The van der Waals surface area contributed by atoms with Gasteiger partial charge in [-0.3, -0.25) is 4.79 Å². The van der Waals surface area contributed by atoms with Gasteiger partial charge in [0.1, 0.15) is 5.75 Å². The second-order valence-corrected chi connectivity index (χ2v) is 7.65. The van der Waals surface area contributed by atoms with E-state index < -0.39 is 0 Å².